The SMILES string of the molecule is CC(C)COCCCNS(=O)(=O)c1c(Cl)cc(Br)cc1Cl. The summed E-state index contributed by atoms with van der Waals surface area (Å²) in [5.74, 6) is 0.460. The van der Waals surface area contributed by atoms with Crippen molar-refractivity contribution in [3.8, 4) is 0 Å². The third kappa shape index (κ3) is 6.42. The van der Waals surface area contributed by atoms with Crippen molar-refractivity contribution in [2.75, 3.05) is 19.8 Å². The van der Waals surface area contributed by atoms with Crippen LogP contribution in [0, 0.1) is 5.92 Å². The first kappa shape index (κ1) is 19.2. The first-order valence-electron chi connectivity index (χ1n) is 6.46. The van der Waals surface area contributed by atoms with Crippen molar-refractivity contribution < 1.29 is 13.2 Å². The van der Waals surface area contributed by atoms with E-state index in [-0.39, 0.29) is 21.5 Å². The van der Waals surface area contributed by atoms with Gasteiger partial charge in [0.2, 0.25) is 10.0 Å². The smallest absolute Gasteiger partial charge is 0.243 e. The summed E-state index contributed by atoms with van der Waals surface area (Å²) in [6.45, 7) is 5.54. The van der Waals surface area contributed by atoms with Crippen LogP contribution in [0.2, 0.25) is 10.0 Å². The van der Waals surface area contributed by atoms with Gasteiger partial charge in [-0.1, -0.05) is 53.0 Å². The van der Waals surface area contributed by atoms with Gasteiger partial charge in [0.1, 0.15) is 4.90 Å². The Hall–Kier alpha value is 0.150. The number of rotatable bonds is 8. The second-order valence-corrected chi connectivity index (χ2v) is 8.35. The maximum atomic E-state index is 12.2. The molecule has 0 amide bonds. The molecule has 0 aromatic heterocycles. The fourth-order valence-corrected chi connectivity index (χ4v) is 4.56. The lowest BCUT2D eigenvalue weighted by molar-refractivity contribution is 0.108. The van der Waals surface area contributed by atoms with Crippen molar-refractivity contribution in [2.45, 2.75) is 25.2 Å². The lowest BCUT2D eigenvalue weighted by Crippen LogP contribution is -2.26. The molecular weight excluding hydrogens is 401 g/mol. The molecule has 1 aromatic rings. The van der Waals surface area contributed by atoms with Gasteiger partial charge in [-0.15, -0.1) is 0 Å². The molecule has 1 N–H and O–H groups in total. The van der Waals surface area contributed by atoms with Crippen LogP contribution in [0.1, 0.15) is 20.3 Å². The minimum absolute atomic E-state index is 0.0814. The number of halogens is 3. The highest BCUT2D eigenvalue weighted by molar-refractivity contribution is 9.10. The van der Waals surface area contributed by atoms with Crippen LogP contribution in [0.5, 0.6) is 0 Å². The van der Waals surface area contributed by atoms with Gasteiger partial charge in [0.25, 0.3) is 0 Å². The monoisotopic (exact) mass is 417 g/mol. The van der Waals surface area contributed by atoms with Gasteiger partial charge in [-0.3, -0.25) is 0 Å². The maximum Gasteiger partial charge on any atom is 0.243 e. The Morgan fingerprint density at radius 2 is 1.86 bits per heavy atom. The summed E-state index contributed by atoms with van der Waals surface area (Å²) < 4.78 is 32.9. The standard InChI is InChI=1S/C13H18BrCl2NO3S/c1-9(2)8-20-5-3-4-17-21(18,19)13-11(15)6-10(14)7-12(13)16/h6-7,9,17H,3-5,8H2,1-2H3. The highest BCUT2D eigenvalue weighted by Crippen LogP contribution is 2.32. The zero-order valence-corrected chi connectivity index (χ0v) is 15.7. The molecule has 120 valence electrons. The molecule has 0 aliphatic carbocycles. The van der Waals surface area contributed by atoms with Gasteiger partial charge in [0, 0.05) is 24.2 Å². The van der Waals surface area contributed by atoms with Crippen LogP contribution in [0.3, 0.4) is 0 Å². The van der Waals surface area contributed by atoms with Gasteiger partial charge in [0.05, 0.1) is 10.0 Å². The summed E-state index contributed by atoms with van der Waals surface area (Å²) in [4.78, 5) is -0.0999. The Morgan fingerprint density at radius 1 is 1.29 bits per heavy atom. The molecule has 4 nitrogen and oxygen atoms in total. The number of sulfonamides is 1. The highest BCUT2D eigenvalue weighted by Gasteiger charge is 2.21. The number of hydrogen-bond acceptors (Lipinski definition) is 3. The Kier molecular flexibility index (Phi) is 7.95. The third-order valence-electron chi connectivity index (χ3n) is 2.44. The van der Waals surface area contributed by atoms with Crippen LogP contribution in [0.25, 0.3) is 0 Å². The number of nitrogens with one attached hydrogen (secondary N) is 1. The quantitative estimate of drug-likeness (QED) is 0.646. The summed E-state index contributed by atoms with van der Waals surface area (Å²) in [5, 5.41) is 0.163. The van der Waals surface area contributed by atoms with E-state index in [0.717, 1.165) is 0 Å². The van der Waals surface area contributed by atoms with Gasteiger partial charge in [-0.25, -0.2) is 13.1 Å². The fourth-order valence-electron chi connectivity index (χ4n) is 1.56. The first-order chi connectivity index (χ1) is 9.74. The molecule has 1 aromatic carbocycles. The van der Waals surface area contributed by atoms with Crippen molar-refractivity contribution in [1.29, 1.82) is 0 Å². The summed E-state index contributed by atoms with van der Waals surface area (Å²) in [6.07, 6.45) is 0.581. The Labute approximate surface area is 144 Å². The molecule has 0 aliphatic heterocycles. The molecule has 0 fully saturated rings. The molecule has 0 saturated heterocycles. The second kappa shape index (κ2) is 8.70. The normalized spacial score (nSPS) is 12.1. The molecule has 0 saturated carbocycles. The van der Waals surface area contributed by atoms with E-state index in [4.69, 9.17) is 27.9 Å². The Bertz CT molecular complexity index is 556. The molecule has 0 unspecified atom stereocenters. The third-order valence-corrected chi connectivity index (χ3v) is 5.28. The number of ether oxygens (including phenoxy) is 1. The van der Waals surface area contributed by atoms with Crippen LogP contribution in [0.4, 0.5) is 0 Å². The van der Waals surface area contributed by atoms with Crippen LogP contribution in [0.15, 0.2) is 21.5 Å². The van der Waals surface area contributed by atoms with E-state index < -0.39 is 10.0 Å². The Balaban J connectivity index is 2.59. The van der Waals surface area contributed by atoms with Gasteiger partial charge in [0.15, 0.2) is 0 Å². The first-order valence-corrected chi connectivity index (χ1v) is 9.49. The maximum absolute atomic E-state index is 12.2. The van der Waals surface area contributed by atoms with E-state index in [1.807, 2.05) is 0 Å². The largest absolute Gasteiger partial charge is 0.381 e. The van der Waals surface area contributed by atoms with Crippen LogP contribution >= 0.6 is 39.1 Å². The van der Waals surface area contributed by atoms with Crippen molar-refractivity contribution in [1.82, 2.24) is 4.72 Å². The van der Waals surface area contributed by atoms with Gasteiger partial charge < -0.3 is 4.74 Å². The van der Waals surface area contributed by atoms with Crippen LogP contribution in [-0.4, -0.2) is 28.2 Å². The summed E-state index contributed by atoms with van der Waals surface area (Å²) >= 11 is 15.1. The molecule has 8 heteroatoms. The van der Waals surface area contributed by atoms with E-state index >= 15 is 0 Å². The average Bonchev–Trinajstić information content (AvgIpc) is 2.31. The highest BCUT2D eigenvalue weighted by atomic mass is 79.9. The van der Waals surface area contributed by atoms with Gasteiger partial charge in [-0.05, 0) is 24.5 Å². The molecular formula is C13H18BrCl2NO3S. The molecule has 21 heavy (non-hydrogen) atoms. The predicted octanol–water partition coefficient (Wildman–Crippen LogP) is 4.10. The van der Waals surface area contributed by atoms with Crippen molar-refractivity contribution in [2.24, 2.45) is 5.92 Å². The average molecular weight is 419 g/mol. The molecule has 0 radical (unpaired) electrons. The van der Waals surface area contributed by atoms with E-state index in [9.17, 15) is 8.42 Å². The van der Waals surface area contributed by atoms with Gasteiger partial charge >= 0.3 is 0 Å². The predicted molar refractivity (Wildman–Crippen MR) is 89.6 cm³/mol. The van der Waals surface area contributed by atoms with Crippen molar-refractivity contribution >= 4 is 49.2 Å². The van der Waals surface area contributed by atoms with Crippen LogP contribution < -0.4 is 4.72 Å². The van der Waals surface area contributed by atoms with Crippen molar-refractivity contribution in [3.63, 3.8) is 0 Å². The van der Waals surface area contributed by atoms with E-state index in [1.165, 1.54) is 12.1 Å². The van der Waals surface area contributed by atoms with E-state index in [2.05, 4.69) is 34.5 Å². The lowest BCUT2D eigenvalue weighted by atomic mass is 10.2. The molecule has 0 bridgehead atoms. The topological polar surface area (TPSA) is 55.4 Å². The minimum Gasteiger partial charge on any atom is -0.381 e. The second-order valence-electron chi connectivity index (χ2n) is 4.92. The zero-order valence-electron chi connectivity index (χ0n) is 11.8. The number of hydrogen-bond donors (Lipinski definition) is 1. The fraction of sp³-hybridized carbons (Fsp3) is 0.538. The summed E-state index contributed by atoms with van der Waals surface area (Å²) in [6, 6.07) is 2.99. The molecule has 0 heterocycles. The van der Waals surface area contributed by atoms with Crippen molar-refractivity contribution in [3.05, 3.63) is 26.7 Å². The van der Waals surface area contributed by atoms with E-state index in [1.54, 1.807) is 0 Å². The number of benzene rings is 1. The van der Waals surface area contributed by atoms with Crippen LogP contribution in [-0.2, 0) is 14.8 Å². The summed E-state index contributed by atoms with van der Waals surface area (Å²) in [7, 11) is -3.73. The zero-order chi connectivity index (χ0) is 16.0. The van der Waals surface area contributed by atoms with Gasteiger partial charge in [-0.2, -0.15) is 0 Å². The minimum atomic E-state index is -3.73. The molecule has 0 spiro atoms. The molecule has 1 rings (SSSR count). The lowest BCUT2D eigenvalue weighted by Gasteiger charge is -2.11. The molecule has 0 atom stereocenters. The summed E-state index contributed by atoms with van der Waals surface area (Å²) in [5.41, 5.74) is 0. The molecule has 0 aliphatic rings. The Morgan fingerprint density at radius 3 is 2.38 bits per heavy atom. The van der Waals surface area contributed by atoms with E-state index in [0.29, 0.717) is 30.0 Å².